The van der Waals surface area contributed by atoms with Gasteiger partial charge in [0.25, 0.3) is 0 Å². The number of halogens is 2. The molecular formula is C17H13Br2N3S. The van der Waals surface area contributed by atoms with Gasteiger partial charge in [0, 0.05) is 5.56 Å². The standard InChI is InChI=1S/C17H13Br2N3S/c1-16(2)17(18,19)10-7-8-23-15(10)14(22-16)13-9-20-11-5-3-4-6-12(11)21-13/h3-9H,1-2H3. The molecule has 0 saturated carbocycles. The maximum Gasteiger partial charge on any atom is 0.131 e. The third kappa shape index (κ3) is 2.30. The van der Waals surface area contributed by atoms with Crippen molar-refractivity contribution >= 4 is 59.9 Å². The Morgan fingerprint density at radius 1 is 1.04 bits per heavy atom. The van der Waals surface area contributed by atoms with Gasteiger partial charge < -0.3 is 0 Å². The van der Waals surface area contributed by atoms with Crippen LogP contribution in [0.2, 0.25) is 0 Å². The van der Waals surface area contributed by atoms with Crippen molar-refractivity contribution in [2.45, 2.75) is 22.6 Å². The minimum atomic E-state index is -0.379. The second-order valence-electron chi connectivity index (χ2n) is 6.00. The number of aromatic nitrogens is 2. The topological polar surface area (TPSA) is 38.1 Å². The molecule has 0 N–H and O–H groups in total. The van der Waals surface area contributed by atoms with Crippen LogP contribution in [0.1, 0.15) is 30.0 Å². The summed E-state index contributed by atoms with van der Waals surface area (Å²) in [5.41, 5.74) is 4.34. The van der Waals surface area contributed by atoms with Gasteiger partial charge in [-0.25, -0.2) is 4.98 Å². The van der Waals surface area contributed by atoms with E-state index in [-0.39, 0.29) is 8.77 Å². The summed E-state index contributed by atoms with van der Waals surface area (Å²) in [6, 6.07) is 10.0. The van der Waals surface area contributed by atoms with E-state index in [0.717, 1.165) is 27.3 Å². The Kier molecular flexibility index (Phi) is 3.48. The molecule has 4 rings (SSSR count). The Morgan fingerprint density at radius 2 is 1.78 bits per heavy atom. The van der Waals surface area contributed by atoms with Crippen molar-refractivity contribution < 1.29 is 0 Å². The molecule has 0 spiro atoms. The van der Waals surface area contributed by atoms with E-state index in [1.165, 1.54) is 5.56 Å². The van der Waals surface area contributed by atoms with Crippen LogP contribution in [0.15, 0.2) is 46.9 Å². The molecule has 1 aliphatic rings. The fraction of sp³-hybridized carbons (Fsp3) is 0.235. The van der Waals surface area contributed by atoms with Crippen LogP contribution >= 0.6 is 43.2 Å². The predicted octanol–water partition coefficient (Wildman–Crippen LogP) is 5.26. The van der Waals surface area contributed by atoms with Gasteiger partial charge in [-0.05, 0) is 37.4 Å². The highest BCUT2D eigenvalue weighted by Gasteiger charge is 2.48. The lowest BCUT2D eigenvalue weighted by Gasteiger charge is -2.39. The van der Waals surface area contributed by atoms with Gasteiger partial charge in [-0.3, -0.25) is 9.98 Å². The summed E-state index contributed by atoms with van der Waals surface area (Å²) >= 11 is 9.30. The Balaban J connectivity index is 1.95. The SMILES string of the molecule is CC1(C)N=C(c2cnc3ccccc3n2)c2sccc2C1(Br)Br. The lowest BCUT2D eigenvalue weighted by molar-refractivity contribution is 0.487. The van der Waals surface area contributed by atoms with Gasteiger partial charge in [-0.1, -0.05) is 44.0 Å². The first-order valence-corrected chi connectivity index (χ1v) is 9.65. The highest BCUT2D eigenvalue weighted by Crippen LogP contribution is 2.54. The lowest BCUT2D eigenvalue weighted by atomic mass is 9.90. The Labute approximate surface area is 155 Å². The molecule has 0 unspecified atom stereocenters. The molecule has 0 atom stereocenters. The van der Waals surface area contributed by atoms with E-state index < -0.39 is 0 Å². The molecule has 3 aromatic rings. The van der Waals surface area contributed by atoms with Gasteiger partial charge in [0.05, 0.1) is 27.6 Å². The van der Waals surface area contributed by atoms with Crippen LogP contribution < -0.4 is 0 Å². The number of alkyl halides is 2. The molecule has 3 heterocycles. The molecule has 0 saturated heterocycles. The summed E-state index contributed by atoms with van der Waals surface area (Å²) < 4.78 is -0.379. The summed E-state index contributed by atoms with van der Waals surface area (Å²) in [6.07, 6.45) is 1.82. The van der Waals surface area contributed by atoms with E-state index in [0.29, 0.717) is 0 Å². The molecule has 1 aromatic carbocycles. The van der Waals surface area contributed by atoms with Crippen molar-refractivity contribution in [2.75, 3.05) is 0 Å². The van der Waals surface area contributed by atoms with Crippen molar-refractivity contribution in [1.82, 2.24) is 9.97 Å². The number of thiophene rings is 1. The maximum absolute atomic E-state index is 4.99. The number of nitrogens with zero attached hydrogens (tertiary/aromatic N) is 3. The monoisotopic (exact) mass is 449 g/mol. The average molecular weight is 451 g/mol. The lowest BCUT2D eigenvalue weighted by Crippen LogP contribution is -2.41. The summed E-state index contributed by atoms with van der Waals surface area (Å²) in [5.74, 6) is 0. The summed E-state index contributed by atoms with van der Waals surface area (Å²) in [5, 5.41) is 2.09. The molecule has 0 radical (unpaired) electrons. The molecule has 0 aliphatic carbocycles. The van der Waals surface area contributed by atoms with Crippen LogP contribution in [0.5, 0.6) is 0 Å². The fourth-order valence-electron chi connectivity index (χ4n) is 2.71. The van der Waals surface area contributed by atoms with Crippen LogP contribution in [-0.4, -0.2) is 21.2 Å². The average Bonchev–Trinajstić information content (AvgIpc) is 3.01. The molecule has 23 heavy (non-hydrogen) atoms. The van der Waals surface area contributed by atoms with Crippen LogP contribution in [0.4, 0.5) is 0 Å². The first-order chi connectivity index (χ1) is 10.9. The van der Waals surface area contributed by atoms with Crippen molar-refractivity contribution in [3.05, 3.63) is 58.0 Å². The Morgan fingerprint density at radius 3 is 2.57 bits per heavy atom. The normalized spacial score (nSPS) is 18.5. The molecular weight excluding hydrogens is 438 g/mol. The van der Waals surface area contributed by atoms with E-state index in [1.54, 1.807) is 11.3 Å². The summed E-state index contributed by atoms with van der Waals surface area (Å²) in [6.45, 7) is 4.21. The molecule has 0 bridgehead atoms. The third-order valence-electron chi connectivity index (χ3n) is 4.07. The fourth-order valence-corrected chi connectivity index (χ4v) is 4.77. The van der Waals surface area contributed by atoms with Crippen LogP contribution in [-0.2, 0) is 3.23 Å². The quantitative estimate of drug-likeness (QED) is 0.474. The number of rotatable bonds is 1. The number of fused-ring (bicyclic) bond motifs is 2. The van der Waals surface area contributed by atoms with Crippen molar-refractivity contribution in [3.8, 4) is 0 Å². The number of benzene rings is 1. The van der Waals surface area contributed by atoms with Gasteiger partial charge in [0.15, 0.2) is 0 Å². The zero-order valence-electron chi connectivity index (χ0n) is 12.5. The highest BCUT2D eigenvalue weighted by atomic mass is 79.9. The summed E-state index contributed by atoms with van der Waals surface area (Å²) in [4.78, 5) is 15.4. The zero-order valence-corrected chi connectivity index (χ0v) is 16.5. The van der Waals surface area contributed by atoms with Crippen LogP contribution in [0.3, 0.4) is 0 Å². The van der Waals surface area contributed by atoms with Gasteiger partial charge in [-0.2, -0.15) is 0 Å². The molecule has 3 nitrogen and oxygen atoms in total. The van der Waals surface area contributed by atoms with E-state index in [4.69, 9.17) is 9.98 Å². The minimum absolute atomic E-state index is 0.357. The zero-order chi connectivity index (χ0) is 16.2. The summed E-state index contributed by atoms with van der Waals surface area (Å²) in [7, 11) is 0. The molecule has 6 heteroatoms. The van der Waals surface area contributed by atoms with Crippen molar-refractivity contribution in [2.24, 2.45) is 4.99 Å². The molecule has 2 aromatic heterocycles. The first kappa shape index (κ1) is 15.4. The smallest absolute Gasteiger partial charge is 0.131 e. The van der Waals surface area contributed by atoms with Gasteiger partial charge in [0.2, 0.25) is 0 Å². The van der Waals surface area contributed by atoms with Crippen LogP contribution in [0.25, 0.3) is 11.0 Å². The van der Waals surface area contributed by atoms with Gasteiger partial charge >= 0.3 is 0 Å². The number of hydrogen-bond acceptors (Lipinski definition) is 4. The molecule has 0 fully saturated rings. The van der Waals surface area contributed by atoms with E-state index >= 15 is 0 Å². The molecule has 116 valence electrons. The predicted molar refractivity (Wildman–Crippen MR) is 103 cm³/mol. The second-order valence-corrected chi connectivity index (χ2v) is 10.4. The number of hydrogen-bond donors (Lipinski definition) is 0. The van der Waals surface area contributed by atoms with Gasteiger partial charge in [-0.15, -0.1) is 11.3 Å². The third-order valence-corrected chi connectivity index (χ3v) is 7.79. The number of para-hydroxylation sites is 2. The van der Waals surface area contributed by atoms with E-state index in [1.807, 2.05) is 30.5 Å². The molecule has 1 aliphatic heterocycles. The largest absolute Gasteiger partial charge is 0.273 e. The first-order valence-electron chi connectivity index (χ1n) is 7.18. The minimum Gasteiger partial charge on any atom is -0.273 e. The van der Waals surface area contributed by atoms with Crippen molar-refractivity contribution in [3.63, 3.8) is 0 Å². The maximum atomic E-state index is 4.99. The van der Waals surface area contributed by atoms with Crippen LogP contribution in [0, 0.1) is 0 Å². The van der Waals surface area contributed by atoms with E-state index in [2.05, 4.69) is 62.1 Å². The Hall–Kier alpha value is -1.11. The number of aliphatic imine (C=N–C) groups is 1. The Bertz CT molecular complexity index is 944. The van der Waals surface area contributed by atoms with Gasteiger partial charge in [0.1, 0.15) is 14.6 Å². The molecule has 0 amide bonds. The van der Waals surface area contributed by atoms with Crippen molar-refractivity contribution in [1.29, 1.82) is 0 Å². The second kappa shape index (κ2) is 5.19. The highest BCUT2D eigenvalue weighted by molar-refractivity contribution is 9.24. The van der Waals surface area contributed by atoms with E-state index in [9.17, 15) is 0 Å².